The van der Waals surface area contributed by atoms with Gasteiger partial charge in [0, 0.05) is 0 Å². The second kappa shape index (κ2) is 6.88. The topological polar surface area (TPSA) is 0 Å². The van der Waals surface area contributed by atoms with Gasteiger partial charge in [0.15, 0.2) is 0 Å². The standard InChI is InChI=1S/C31H52/c1-21(2)11-9-10-12-24-16-17-29(8)26-14-13-25-27(5,6)22(3)15-18-30(25)23(4)31(26,30)20-19-28(24,29)7/h12,21-23,25-26H,9-11,13-20H2,1-8H3/b24-12+/t22?,23?,25?,26?,28?,29-,30?,31?/m0/s1. The Hall–Kier alpha value is -0.260. The Morgan fingerprint density at radius 1 is 0.871 bits per heavy atom. The molecule has 176 valence electrons. The molecule has 5 fully saturated rings. The zero-order valence-corrected chi connectivity index (χ0v) is 22.2. The highest BCUT2D eigenvalue weighted by atomic mass is 14.9. The van der Waals surface area contributed by atoms with Gasteiger partial charge in [-0.3, -0.25) is 0 Å². The van der Waals surface area contributed by atoms with Crippen molar-refractivity contribution >= 4 is 0 Å². The minimum Gasteiger partial charge on any atom is -0.0848 e. The van der Waals surface area contributed by atoms with Crippen LogP contribution in [-0.2, 0) is 0 Å². The third kappa shape index (κ3) is 2.55. The highest BCUT2D eigenvalue weighted by Gasteiger charge is 2.85. The van der Waals surface area contributed by atoms with Gasteiger partial charge < -0.3 is 0 Å². The summed E-state index contributed by atoms with van der Waals surface area (Å²) in [5.74, 6) is 4.69. The quantitative estimate of drug-likeness (QED) is 0.311. The highest BCUT2D eigenvalue weighted by Crippen LogP contribution is 2.91. The first-order chi connectivity index (χ1) is 14.5. The molecule has 0 N–H and O–H groups in total. The smallest absolute Gasteiger partial charge is 0.00595 e. The van der Waals surface area contributed by atoms with Gasteiger partial charge >= 0.3 is 0 Å². The molecular formula is C31H52. The van der Waals surface area contributed by atoms with Crippen LogP contribution in [0, 0.1) is 56.7 Å². The molecule has 7 unspecified atom stereocenters. The van der Waals surface area contributed by atoms with E-state index in [9.17, 15) is 0 Å². The van der Waals surface area contributed by atoms with Crippen LogP contribution in [0.3, 0.4) is 0 Å². The number of rotatable bonds is 4. The molecule has 0 saturated heterocycles. The number of unbranched alkanes of at least 4 members (excludes halogenated alkanes) is 1. The molecular weight excluding hydrogens is 372 g/mol. The maximum Gasteiger partial charge on any atom is -0.00595 e. The highest BCUT2D eigenvalue weighted by molar-refractivity contribution is 5.37. The lowest BCUT2D eigenvalue weighted by Crippen LogP contribution is -2.55. The molecule has 8 atom stereocenters. The van der Waals surface area contributed by atoms with Gasteiger partial charge in [-0.15, -0.1) is 0 Å². The van der Waals surface area contributed by atoms with Gasteiger partial charge in [0.05, 0.1) is 0 Å². The molecule has 0 aliphatic heterocycles. The second-order valence-corrected chi connectivity index (χ2v) is 14.5. The van der Waals surface area contributed by atoms with E-state index in [-0.39, 0.29) is 0 Å². The third-order valence-electron chi connectivity index (χ3n) is 13.5. The molecule has 0 nitrogen and oxygen atoms in total. The summed E-state index contributed by atoms with van der Waals surface area (Å²) in [4.78, 5) is 0. The molecule has 0 amide bonds. The lowest BCUT2D eigenvalue weighted by molar-refractivity contribution is -0.130. The van der Waals surface area contributed by atoms with Crippen LogP contribution in [0.5, 0.6) is 0 Å². The monoisotopic (exact) mass is 424 g/mol. The molecule has 31 heavy (non-hydrogen) atoms. The molecule has 0 radical (unpaired) electrons. The summed E-state index contributed by atoms with van der Waals surface area (Å²) in [6, 6.07) is 0. The summed E-state index contributed by atoms with van der Waals surface area (Å²) >= 11 is 0. The second-order valence-electron chi connectivity index (χ2n) is 14.5. The zero-order valence-electron chi connectivity index (χ0n) is 22.2. The minimum atomic E-state index is 0.481. The van der Waals surface area contributed by atoms with E-state index in [1.54, 1.807) is 6.42 Å². The normalized spacial score (nSPS) is 53.6. The Morgan fingerprint density at radius 3 is 2.26 bits per heavy atom. The van der Waals surface area contributed by atoms with Crippen molar-refractivity contribution in [3.05, 3.63) is 11.6 Å². The van der Waals surface area contributed by atoms with Crippen molar-refractivity contribution in [1.29, 1.82) is 0 Å². The van der Waals surface area contributed by atoms with E-state index in [1.807, 2.05) is 5.57 Å². The van der Waals surface area contributed by atoms with Crippen molar-refractivity contribution in [2.24, 2.45) is 56.7 Å². The van der Waals surface area contributed by atoms with Crippen molar-refractivity contribution in [3.8, 4) is 0 Å². The first-order valence-electron chi connectivity index (χ1n) is 14.2. The van der Waals surface area contributed by atoms with E-state index in [0.717, 1.165) is 29.6 Å². The van der Waals surface area contributed by atoms with Gasteiger partial charge in [-0.25, -0.2) is 0 Å². The lowest BCUT2D eigenvalue weighted by Gasteiger charge is -2.62. The van der Waals surface area contributed by atoms with Gasteiger partial charge in [0.25, 0.3) is 0 Å². The summed E-state index contributed by atoms with van der Waals surface area (Å²) in [6.45, 7) is 20.8. The van der Waals surface area contributed by atoms with Crippen LogP contribution in [0.1, 0.15) is 126 Å². The molecule has 5 rings (SSSR count). The molecule has 0 aromatic rings. The molecule has 0 aromatic heterocycles. The molecule has 0 bridgehead atoms. The Morgan fingerprint density at radius 2 is 1.55 bits per heavy atom. The number of hydrogen-bond acceptors (Lipinski definition) is 0. The molecule has 0 heteroatoms. The summed E-state index contributed by atoms with van der Waals surface area (Å²) in [5.41, 5.74) is 4.82. The predicted molar refractivity (Wildman–Crippen MR) is 134 cm³/mol. The number of hydrogen-bond donors (Lipinski definition) is 0. The van der Waals surface area contributed by atoms with E-state index in [0.29, 0.717) is 27.1 Å². The SMILES string of the molecule is CC(C)CCC/C=C1\CC[C@@]2(C)C3CCC4C(C)(C)C(C)CCC45C(C)C35CCC12C. The van der Waals surface area contributed by atoms with Crippen molar-refractivity contribution < 1.29 is 0 Å². The van der Waals surface area contributed by atoms with Gasteiger partial charge in [-0.1, -0.05) is 73.5 Å². The average Bonchev–Trinajstić information content (AvgIpc) is 3.12. The van der Waals surface area contributed by atoms with Crippen molar-refractivity contribution in [2.45, 2.75) is 126 Å². The van der Waals surface area contributed by atoms with Crippen molar-refractivity contribution in [2.75, 3.05) is 0 Å². The zero-order chi connectivity index (χ0) is 22.4. The van der Waals surface area contributed by atoms with Gasteiger partial charge in [0.1, 0.15) is 0 Å². The third-order valence-corrected chi connectivity index (χ3v) is 13.5. The average molecular weight is 425 g/mol. The Labute approximate surface area is 194 Å². The van der Waals surface area contributed by atoms with Crippen LogP contribution >= 0.6 is 0 Å². The van der Waals surface area contributed by atoms with E-state index >= 15 is 0 Å². The number of fused-ring (bicyclic) bond motifs is 2. The lowest BCUT2D eigenvalue weighted by atomic mass is 9.42. The van der Waals surface area contributed by atoms with Crippen LogP contribution in [0.2, 0.25) is 0 Å². The van der Waals surface area contributed by atoms with Crippen LogP contribution in [0.15, 0.2) is 11.6 Å². The van der Waals surface area contributed by atoms with Gasteiger partial charge in [0.2, 0.25) is 0 Å². The largest absolute Gasteiger partial charge is 0.0848 e. The Bertz CT molecular complexity index is 756. The minimum absolute atomic E-state index is 0.481. The summed E-state index contributed by atoms with van der Waals surface area (Å²) < 4.78 is 0. The van der Waals surface area contributed by atoms with Gasteiger partial charge in [-0.05, 0) is 121 Å². The summed E-state index contributed by atoms with van der Waals surface area (Å²) in [7, 11) is 0. The maximum absolute atomic E-state index is 2.77. The molecule has 2 spiro atoms. The fourth-order valence-electron chi connectivity index (χ4n) is 11.2. The van der Waals surface area contributed by atoms with Crippen LogP contribution in [0.25, 0.3) is 0 Å². The maximum atomic E-state index is 2.77. The predicted octanol–water partition coefficient (Wildman–Crippen LogP) is 9.44. The van der Waals surface area contributed by atoms with Gasteiger partial charge in [-0.2, -0.15) is 0 Å². The van der Waals surface area contributed by atoms with Crippen LogP contribution in [0.4, 0.5) is 0 Å². The van der Waals surface area contributed by atoms with Crippen LogP contribution < -0.4 is 0 Å². The molecule has 0 aromatic carbocycles. The van der Waals surface area contributed by atoms with E-state index < -0.39 is 0 Å². The first-order valence-corrected chi connectivity index (χ1v) is 14.2. The van der Waals surface area contributed by atoms with Crippen molar-refractivity contribution in [1.82, 2.24) is 0 Å². The fourth-order valence-corrected chi connectivity index (χ4v) is 11.2. The summed E-state index contributed by atoms with van der Waals surface area (Å²) in [6.07, 6.45) is 18.8. The summed E-state index contributed by atoms with van der Waals surface area (Å²) in [5, 5.41) is 0. The molecule has 0 heterocycles. The van der Waals surface area contributed by atoms with Crippen LogP contribution in [-0.4, -0.2) is 0 Å². The molecule has 5 saturated carbocycles. The van der Waals surface area contributed by atoms with E-state index in [1.165, 1.54) is 64.2 Å². The van der Waals surface area contributed by atoms with E-state index in [2.05, 4.69) is 61.5 Å². The Kier molecular flexibility index (Phi) is 5.00. The van der Waals surface area contributed by atoms with E-state index in [4.69, 9.17) is 0 Å². The molecule has 5 aliphatic rings. The Balaban J connectivity index is 1.45. The molecule has 5 aliphatic carbocycles. The first kappa shape index (κ1) is 22.5. The van der Waals surface area contributed by atoms with Crippen molar-refractivity contribution in [3.63, 3.8) is 0 Å². The number of allylic oxidation sites excluding steroid dienone is 2. The fraction of sp³-hybridized carbons (Fsp3) is 0.935.